The van der Waals surface area contributed by atoms with E-state index in [0.29, 0.717) is 23.9 Å². The molecule has 0 aliphatic heterocycles. The van der Waals surface area contributed by atoms with Crippen LogP contribution >= 0.6 is 0 Å². The predicted molar refractivity (Wildman–Crippen MR) is 76.9 cm³/mol. The molecule has 1 unspecified atom stereocenters. The summed E-state index contributed by atoms with van der Waals surface area (Å²) in [6.07, 6.45) is 2.46. The van der Waals surface area contributed by atoms with E-state index in [1.807, 2.05) is 0 Å². The molecule has 1 aliphatic carbocycles. The Morgan fingerprint density at radius 2 is 2.20 bits per heavy atom. The fourth-order valence-electron chi connectivity index (χ4n) is 2.33. The maximum absolute atomic E-state index is 12.2. The Balaban J connectivity index is 2.12. The number of nitrogens with zero attached hydrogens (tertiary/aromatic N) is 1. The molecule has 1 amide bonds. The van der Waals surface area contributed by atoms with Gasteiger partial charge in [-0.05, 0) is 30.7 Å². The predicted octanol–water partition coefficient (Wildman–Crippen LogP) is 2.41. The van der Waals surface area contributed by atoms with Gasteiger partial charge in [-0.3, -0.25) is 14.9 Å². The molecule has 1 aliphatic rings. The van der Waals surface area contributed by atoms with Crippen molar-refractivity contribution in [2.24, 2.45) is 11.8 Å². The highest BCUT2D eigenvalue weighted by Crippen LogP contribution is 2.36. The van der Waals surface area contributed by atoms with Gasteiger partial charge in [0.2, 0.25) is 0 Å². The second-order valence-electron chi connectivity index (χ2n) is 5.23. The lowest BCUT2D eigenvalue weighted by atomic mass is 10.1. The van der Waals surface area contributed by atoms with Crippen LogP contribution in [0.25, 0.3) is 0 Å². The van der Waals surface area contributed by atoms with E-state index in [-0.39, 0.29) is 17.3 Å². The summed E-state index contributed by atoms with van der Waals surface area (Å²) in [4.78, 5) is 22.6. The fraction of sp³-hybridized carbons (Fsp3) is 0.500. The number of nitrogens with one attached hydrogen (secondary N) is 2. The van der Waals surface area contributed by atoms with Crippen molar-refractivity contribution >= 4 is 17.3 Å². The maximum atomic E-state index is 12.2. The smallest absolute Gasteiger partial charge is 0.293 e. The first kappa shape index (κ1) is 14.3. The zero-order valence-electron chi connectivity index (χ0n) is 11.7. The van der Waals surface area contributed by atoms with Crippen LogP contribution in [0.1, 0.15) is 30.1 Å². The summed E-state index contributed by atoms with van der Waals surface area (Å²) in [5, 5.41) is 16.6. The van der Waals surface area contributed by atoms with Gasteiger partial charge in [-0.2, -0.15) is 0 Å². The minimum Gasteiger partial charge on any atom is -0.382 e. The molecule has 0 aromatic heterocycles. The van der Waals surface area contributed by atoms with Crippen LogP contribution in [0.3, 0.4) is 0 Å². The molecule has 0 saturated heterocycles. The normalized spacial score (nSPS) is 15.5. The molecule has 1 fully saturated rings. The van der Waals surface area contributed by atoms with E-state index in [1.54, 1.807) is 13.1 Å². The summed E-state index contributed by atoms with van der Waals surface area (Å²) in [5.41, 5.74) is 0.481. The van der Waals surface area contributed by atoms with Crippen LogP contribution in [0, 0.1) is 22.0 Å². The van der Waals surface area contributed by atoms with Gasteiger partial charge >= 0.3 is 0 Å². The monoisotopic (exact) mass is 277 g/mol. The van der Waals surface area contributed by atoms with Crippen LogP contribution in [-0.2, 0) is 0 Å². The summed E-state index contributed by atoms with van der Waals surface area (Å²) in [6, 6.07) is 4.50. The summed E-state index contributed by atoms with van der Waals surface area (Å²) < 4.78 is 0. The minimum atomic E-state index is -0.491. The summed E-state index contributed by atoms with van der Waals surface area (Å²) >= 11 is 0. The molecule has 2 rings (SSSR count). The Kier molecular flexibility index (Phi) is 4.22. The van der Waals surface area contributed by atoms with E-state index in [4.69, 9.17) is 0 Å². The first-order chi connectivity index (χ1) is 9.54. The van der Waals surface area contributed by atoms with Crippen molar-refractivity contribution in [1.29, 1.82) is 0 Å². The van der Waals surface area contributed by atoms with Crippen molar-refractivity contribution in [2.75, 3.05) is 18.9 Å². The van der Waals surface area contributed by atoms with Crippen molar-refractivity contribution in [3.63, 3.8) is 0 Å². The Hall–Kier alpha value is -2.11. The van der Waals surface area contributed by atoms with E-state index in [0.717, 1.165) is 0 Å². The van der Waals surface area contributed by atoms with E-state index >= 15 is 0 Å². The first-order valence-corrected chi connectivity index (χ1v) is 6.78. The lowest BCUT2D eigenvalue weighted by Gasteiger charge is -2.13. The van der Waals surface area contributed by atoms with Crippen molar-refractivity contribution in [3.8, 4) is 0 Å². The Bertz CT molecular complexity index is 526. The number of nitro groups is 1. The van der Waals surface area contributed by atoms with Crippen LogP contribution < -0.4 is 10.6 Å². The highest BCUT2D eigenvalue weighted by atomic mass is 16.6. The molecule has 1 atom stereocenters. The number of amides is 1. The molecule has 2 N–H and O–H groups in total. The quantitative estimate of drug-likeness (QED) is 0.617. The highest BCUT2D eigenvalue weighted by molar-refractivity contribution is 6.01. The SMILES string of the molecule is CNc1c(C(=O)NCC(C)C2CC2)cccc1[N+](=O)[O-]. The van der Waals surface area contributed by atoms with Crippen LogP contribution in [0.15, 0.2) is 18.2 Å². The number of hydrogen-bond acceptors (Lipinski definition) is 4. The third kappa shape index (κ3) is 3.07. The number of para-hydroxylation sites is 1. The number of carbonyl (C=O) groups excluding carboxylic acids is 1. The molecule has 1 aromatic rings. The molecule has 20 heavy (non-hydrogen) atoms. The van der Waals surface area contributed by atoms with Gasteiger partial charge in [0.1, 0.15) is 5.69 Å². The van der Waals surface area contributed by atoms with Gasteiger partial charge in [-0.15, -0.1) is 0 Å². The molecular weight excluding hydrogens is 258 g/mol. The lowest BCUT2D eigenvalue weighted by molar-refractivity contribution is -0.384. The van der Waals surface area contributed by atoms with Crippen LogP contribution in [-0.4, -0.2) is 24.4 Å². The molecule has 0 bridgehead atoms. The molecule has 108 valence electrons. The van der Waals surface area contributed by atoms with Gasteiger partial charge < -0.3 is 10.6 Å². The third-order valence-electron chi connectivity index (χ3n) is 3.75. The Morgan fingerprint density at radius 1 is 1.50 bits per heavy atom. The standard InChI is InChI=1S/C14H19N3O3/c1-9(10-6-7-10)8-16-14(18)11-4-3-5-12(17(19)20)13(11)15-2/h3-5,9-10,15H,6-8H2,1-2H3,(H,16,18). The first-order valence-electron chi connectivity index (χ1n) is 6.78. The van der Waals surface area contributed by atoms with Crippen LogP contribution in [0.5, 0.6) is 0 Å². The molecule has 1 aromatic carbocycles. The zero-order chi connectivity index (χ0) is 14.7. The number of benzene rings is 1. The van der Waals surface area contributed by atoms with Crippen LogP contribution in [0.4, 0.5) is 11.4 Å². The van der Waals surface area contributed by atoms with Crippen LogP contribution in [0.2, 0.25) is 0 Å². The zero-order valence-corrected chi connectivity index (χ0v) is 11.7. The van der Waals surface area contributed by atoms with Crippen molar-refractivity contribution < 1.29 is 9.72 Å². The highest BCUT2D eigenvalue weighted by Gasteiger charge is 2.28. The van der Waals surface area contributed by atoms with Gasteiger partial charge in [0.15, 0.2) is 0 Å². The third-order valence-corrected chi connectivity index (χ3v) is 3.75. The van der Waals surface area contributed by atoms with Gasteiger partial charge in [0, 0.05) is 19.7 Å². The van der Waals surface area contributed by atoms with E-state index < -0.39 is 4.92 Å². The average Bonchev–Trinajstić information content (AvgIpc) is 3.27. The summed E-state index contributed by atoms with van der Waals surface area (Å²) in [5.74, 6) is 0.894. The van der Waals surface area contributed by atoms with E-state index in [9.17, 15) is 14.9 Å². The van der Waals surface area contributed by atoms with Crippen molar-refractivity contribution in [3.05, 3.63) is 33.9 Å². The number of anilines is 1. The number of rotatable bonds is 6. The topological polar surface area (TPSA) is 84.3 Å². The number of hydrogen-bond donors (Lipinski definition) is 2. The second-order valence-corrected chi connectivity index (χ2v) is 5.23. The largest absolute Gasteiger partial charge is 0.382 e. The average molecular weight is 277 g/mol. The molecule has 1 saturated carbocycles. The second kappa shape index (κ2) is 5.90. The molecule has 6 nitrogen and oxygen atoms in total. The van der Waals surface area contributed by atoms with E-state index in [1.165, 1.54) is 25.0 Å². The van der Waals surface area contributed by atoms with Gasteiger partial charge in [0.25, 0.3) is 11.6 Å². The maximum Gasteiger partial charge on any atom is 0.293 e. The van der Waals surface area contributed by atoms with E-state index in [2.05, 4.69) is 17.6 Å². The summed E-state index contributed by atoms with van der Waals surface area (Å²) in [7, 11) is 1.58. The number of carbonyl (C=O) groups is 1. The van der Waals surface area contributed by atoms with Crippen molar-refractivity contribution in [2.45, 2.75) is 19.8 Å². The van der Waals surface area contributed by atoms with Gasteiger partial charge in [-0.25, -0.2) is 0 Å². The van der Waals surface area contributed by atoms with Gasteiger partial charge in [-0.1, -0.05) is 13.0 Å². The molecule has 0 spiro atoms. The lowest BCUT2D eigenvalue weighted by Crippen LogP contribution is -2.29. The van der Waals surface area contributed by atoms with Crippen molar-refractivity contribution in [1.82, 2.24) is 5.32 Å². The Labute approximate surface area is 117 Å². The van der Waals surface area contributed by atoms with Gasteiger partial charge in [0.05, 0.1) is 10.5 Å². The Morgan fingerprint density at radius 3 is 2.75 bits per heavy atom. The molecule has 0 heterocycles. The summed E-state index contributed by atoms with van der Waals surface area (Å²) in [6.45, 7) is 2.72. The minimum absolute atomic E-state index is 0.0876. The molecule has 6 heteroatoms. The molecular formula is C14H19N3O3. The number of nitro benzene ring substituents is 1. The fourth-order valence-corrected chi connectivity index (χ4v) is 2.33. The molecule has 0 radical (unpaired) electrons.